The normalized spacial score (nSPS) is 10.2. The number of hydrogen-bond acceptors (Lipinski definition) is 6. The predicted molar refractivity (Wildman–Crippen MR) is 77.9 cm³/mol. The van der Waals surface area contributed by atoms with Crippen molar-refractivity contribution in [2.45, 2.75) is 6.42 Å². The molecule has 8 heteroatoms. The Hall–Kier alpha value is -1.51. The van der Waals surface area contributed by atoms with Gasteiger partial charge in [0.1, 0.15) is 0 Å². The van der Waals surface area contributed by atoms with Crippen LogP contribution in [0.1, 0.15) is 16.1 Å². The summed E-state index contributed by atoms with van der Waals surface area (Å²) in [6.45, 7) is 0.513. The lowest BCUT2D eigenvalue weighted by molar-refractivity contribution is 0.0954. The number of hydrazine groups is 1. The quantitative estimate of drug-likeness (QED) is 0.566. The molecule has 0 saturated heterocycles. The highest BCUT2D eigenvalue weighted by molar-refractivity contribution is 9.10. The van der Waals surface area contributed by atoms with Crippen molar-refractivity contribution in [3.05, 3.63) is 38.9 Å². The average molecular weight is 342 g/mol. The molecule has 0 fully saturated rings. The van der Waals surface area contributed by atoms with Gasteiger partial charge in [-0.05, 0) is 22.0 Å². The minimum atomic E-state index is -0.225. The van der Waals surface area contributed by atoms with Gasteiger partial charge in [-0.3, -0.25) is 4.79 Å². The van der Waals surface area contributed by atoms with Crippen molar-refractivity contribution < 1.29 is 4.79 Å². The smallest absolute Gasteiger partial charge is 0.255 e. The van der Waals surface area contributed by atoms with Gasteiger partial charge < -0.3 is 10.7 Å². The van der Waals surface area contributed by atoms with Crippen LogP contribution in [0.3, 0.4) is 0 Å². The number of amides is 1. The molecule has 2 aromatic rings. The summed E-state index contributed by atoms with van der Waals surface area (Å²) in [4.78, 5) is 20.2. The number of nitrogens with two attached hydrogens (primary N) is 1. The number of nitrogens with zero attached hydrogens (tertiary/aromatic N) is 2. The zero-order chi connectivity index (χ0) is 13.7. The maximum atomic E-state index is 12.0. The fourth-order valence-electron chi connectivity index (χ4n) is 1.49. The molecule has 0 aliphatic heterocycles. The number of thiazole rings is 1. The summed E-state index contributed by atoms with van der Waals surface area (Å²) in [5, 5.41) is 4.77. The molecule has 2 aromatic heterocycles. The highest BCUT2D eigenvalue weighted by Crippen LogP contribution is 2.17. The van der Waals surface area contributed by atoms with Crippen molar-refractivity contribution in [3.63, 3.8) is 0 Å². The molecule has 0 unspecified atom stereocenters. The SMILES string of the molecule is NNc1ncc(Br)cc1C(=O)NCCc1cscn1. The molecule has 0 aliphatic rings. The first-order valence-electron chi connectivity index (χ1n) is 5.48. The van der Waals surface area contributed by atoms with Crippen molar-refractivity contribution in [3.8, 4) is 0 Å². The van der Waals surface area contributed by atoms with Gasteiger partial charge in [0, 0.05) is 29.0 Å². The molecule has 0 bridgehead atoms. The van der Waals surface area contributed by atoms with Gasteiger partial charge in [-0.25, -0.2) is 15.8 Å². The molecule has 0 atom stereocenters. The number of hydrogen-bond donors (Lipinski definition) is 3. The summed E-state index contributed by atoms with van der Waals surface area (Å²) in [6.07, 6.45) is 2.27. The molecule has 0 aliphatic carbocycles. The molecule has 0 saturated carbocycles. The van der Waals surface area contributed by atoms with Crippen LogP contribution in [0.15, 0.2) is 27.6 Å². The van der Waals surface area contributed by atoms with Crippen molar-refractivity contribution in [2.75, 3.05) is 12.0 Å². The van der Waals surface area contributed by atoms with E-state index in [1.807, 2.05) is 5.38 Å². The standard InChI is InChI=1S/C11H12BrN5OS/c12-7-3-9(10(17-13)15-4-7)11(18)14-2-1-8-5-19-6-16-8/h3-6H,1-2,13H2,(H,14,18)(H,15,17). The van der Waals surface area contributed by atoms with Gasteiger partial charge in [0.2, 0.25) is 0 Å². The molecule has 0 radical (unpaired) electrons. The molecule has 19 heavy (non-hydrogen) atoms. The van der Waals surface area contributed by atoms with Crippen LogP contribution in [0.4, 0.5) is 5.82 Å². The van der Waals surface area contributed by atoms with E-state index in [0.717, 1.165) is 10.2 Å². The van der Waals surface area contributed by atoms with Gasteiger partial charge in [0.05, 0.1) is 16.8 Å². The first-order chi connectivity index (χ1) is 9.20. The predicted octanol–water partition coefficient (Wildman–Crippen LogP) is 1.56. The Kier molecular flexibility index (Phi) is 4.83. The van der Waals surface area contributed by atoms with Crippen LogP contribution in [-0.4, -0.2) is 22.4 Å². The molecule has 2 heterocycles. The van der Waals surface area contributed by atoms with Crippen LogP contribution in [-0.2, 0) is 6.42 Å². The minimum absolute atomic E-state index is 0.225. The molecular formula is C11H12BrN5OS. The number of nitrogens with one attached hydrogen (secondary N) is 2. The maximum Gasteiger partial charge on any atom is 0.255 e. The van der Waals surface area contributed by atoms with Crippen LogP contribution in [0.25, 0.3) is 0 Å². The number of nitrogen functional groups attached to an aromatic ring is 1. The number of pyridine rings is 1. The highest BCUT2D eigenvalue weighted by Gasteiger charge is 2.12. The van der Waals surface area contributed by atoms with Crippen molar-refractivity contribution in [1.82, 2.24) is 15.3 Å². The first-order valence-corrected chi connectivity index (χ1v) is 7.21. The van der Waals surface area contributed by atoms with E-state index in [-0.39, 0.29) is 5.91 Å². The molecule has 2 rings (SSSR count). The number of carbonyl (C=O) groups excluding carboxylic acids is 1. The Morgan fingerprint density at radius 2 is 2.32 bits per heavy atom. The second kappa shape index (κ2) is 6.60. The minimum Gasteiger partial charge on any atom is -0.352 e. The number of rotatable bonds is 5. The van der Waals surface area contributed by atoms with Gasteiger partial charge in [0.15, 0.2) is 5.82 Å². The fraction of sp³-hybridized carbons (Fsp3) is 0.182. The average Bonchev–Trinajstić information content (AvgIpc) is 2.91. The van der Waals surface area contributed by atoms with E-state index in [2.05, 4.69) is 36.6 Å². The lowest BCUT2D eigenvalue weighted by Gasteiger charge is -2.08. The third-order valence-corrected chi connectivity index (χ3v) is 3.45. The van der Waals surface area contributed by atoms with Gasteiger partial charge >= 0.3 is 0 Å². The van der Waals surface area contributed by atoms with Gasteiger partial charge in [0.25, 0.3) is 5.91 Å². The van der Waals surface area contributed by atoms with E-state index in [9.17, 15) is 4.79 Å². The number of halogens is 1. The summed E-state index contributed by atoms with van der Waals surface area (Å²) < 4.78 is 0.719. The van der Waals surface area contributed by atoms with Crippen LogP contribution >= 0.6 is 27.3 Å². The highest BCUT2D eigenvalue weighted by atomic mass is 79.9. The Bertz CT molecular complexity index is 560. The fourth-order valence-corrected chi connectivity index (χ4v) is 2.41. The van der Waals surface area contributed by atoms with Crippen LogP contribution in [0.2, 0.25) is 0 Å². The topological polar surface area (TPSA) is 92.9 Å². The molecule has 1 amide bonds. The van der Waals surface area contributed by atoms with Crippen LogP contribution in [0.5, 0.6) is 0 Å². The molecule has 0 aromatic carbocycles. The summed E-state index contributed by atoms with van der Waals surface area (Å²) in [7, 11) is 0. The molecule has 100 valence electrons. The first kappa shape index (κ1) is 13.9. The van der Waals surface area contributed by atoms with Gasteiger partial charge in [-0.1, -0.05) is 0 Å². The number of anilines is 1. The Labute approximate surface area is 122 Å². The Morgan fingerprint density at radius 3 is 3.00 bits per heavy atom. The number of carbonyl (C=O) groups is 1. The van der Waals surface area contributed by atoms with Gasteiger partial charge in [-0.15, -0.1) is 11.3 Å². The second-order valence-corrected chi connectivity index (χ2v) is 5.31. The van der Waals surface area contributed by atoms with E-state index in [4.69, 9.17) is 5.84 Å². The summed E-state index contributed by atoms with van der Waals surface area (Å²) in [5.74, 6) is 5.44. The number of aromatic nitrogens is 2. The Balaban J connectivity index is 1.97. The van der Waals surface area contributed by atoms with Crippen molar-refractivity contribution in [2.24, 2.45) is 5.84 Å². The monoisotopic (exact) mass is 341 g/mol. The zero-order valence-corrected chi connectivity index (χ0v) is 12.3. The molecule has 4 N–H and O–H groups in total. The van der Waals surface area contributed by atoms with Crippen LogP contribution in [0, 0.1) is 0 Å². The van der Waals surface area contributed by atoms with E-state index in [1.54, 1.807) is 17.8 Å². The second-order valence-electron chi connectivity index (χ2n) is 3.68. The van der Waals surface area contributed by atoms with Crippen LogP contribution < -0.4 is 16.6 Å². The third-order valence-electron chi connectivity index (χ3n) is 2.39. The largest absolute Gasteiger partial charge is 0.352 e. The summed E-state index contributed by atoms with van der Waals surface area (Å²) >= 11 is 4.81. The summed E-state index contributed by atoms with van der Waals surface area (Å²) in [6, 6.07) is 1.67. The zero-order valence-electron chi connectivity index (χ0n) is 9.89. The maximum absolute atomic E-state index is 12.0. The molecular weight excluding hydrogens is 330 g/mol. The lowest BCUT2D eigenvalue weighted by atomic mass is 10.2. The molecule has 6 nitrogen and oxygen atoms in total. The van der Waals surface area contributed by atoms with E-state index in [0.29, 0.717) is 24.3 Å². The molecule has 0 spiro atoms. The van der Waals surface area contributed by atoms with E-state index >= 15 is 0 Å². The van der Waals surface area contributed by atoms with E-state index in [1.165, 1.54) is 11.3 Å². The van der Waals surface area contributed by atoms with Crippen molar-refractivity contribution >= 4 is 39.0 Å². The van der Waals surface area contributed by atoms with Gasteiger partial charge in [-0.2, -0.15) is 0 Å². The van der Waals surface area contributed by atoms with E-state index < -0.39 is 0 Å². The lowest BCUT2D eigenvalue weighted by Crippen LogP contribution is -2.27. The third kappa shape index (κ3) is 3.72. The van der Waals surface area contributed by atoms with Crippen molar-refractivity contribution in [1.29, 1.82) is 0 Å². The Morgan fingerprint density at radius 1 is 1.47 bits per heavy atom. The summed E-state index contributed by atoms with van der Waals surface area (Å²) in [5.41, 5.74) is 5.54.